The van der Waals surface area contributed by atoms with Crippen LogP contribution in [0.5, 0.6) is 0 Å². The lowest BCUT2D eigenvalue weighted by Crippen LogP contribution is -2.41. The minimum atomic E-state index is -0.550. The number of rotatable bonds is 2. The molecule has 0 aliphatic carbocycles. The van der Waals surface area contributed by atoms with Crippen molar-refractivity contribution in [2.45, 2.75) is 39.7 Å². The number of nitrogens with one attached hydrogen (secondary N) is 1. The number of amides is 1. The molecule has 1 unspecified atom stereocenters. The summed E-state index contributed by atoms with van der Waals surface area (Å²) in [7, 11) is 0. The third-order valence-electron chi connectivity index (χ3n) is 4.51. The Morgan fingerprint density at radius 3 is 2.58 bits per heavy atom. The molecular formula is C17H26N4O3. The van der Waals surface area contributed by atoms with Crippen LogP contribution in [-0.4, -0.2) is 59.3 Å². The van der Waals surface area contributed by atoms with Crippen molar-refractivity contribution >= 4 is 11.8 Å². The van der Waals surface area contributed by atoms with Crippen LogP contribution in [0.4, 0.5) is 0 Å². The predicted molar refractivity (Wildman–Crippen MR) is 89.0 cm³/mol. The first kappa shape index (κ1) is 17.1. The van der Waals surface area contributed by atoms with Crippen LogP contribution in [0.1, 0.15) is 60.5 Å². The second-order valence-electron chi connectivity index (χ2n) is 7.48. The quantitative estimate of drug-likeness (QED) is 0.886. The molecule has 3 rings (SSSR count). The van der Waals surface area contributed by atoms with Gasteiger partial charge in [0, 0.05) is 24.7 Å². The smallest absolute Gasteiger partial charge is 0.257 e. The Labute approximate surface area is 142 Å². The second-order valence-corrected chi connectivity index (χ2v) is 7.48. The van der Waals surface area contributed by atoms with Crippen LogP contribution in [0, 0.1) is 5.41 Å². The molecule has 0 saturated carbocycles. The molecule has 0 radical (unpaired) electrons. The third kappa shape index (κ3) is 3.37. The van der Waals surface area contributed by atoms with E-state index in [1.807, 2.05) is 20.8 Å². The Kier molecular flexibility index (Phi) is 4.73. The Balaban J connectivity index is 1.94. The lowest BCUT2D eigenvalue weighted by molar-refractivity contribution is 0.0301. The largest absolute Gasteiger partial charge is 0.378 e. The lowest BCUT2D eigenvalue weighted by atomic mass is 9.96. The molecule has 24 heavy (non-hydrogen) atoms. The van der Waals surface area contributed by atoms with Gasteiger partial charge in [-0.1, -0.05) is 20.8 Å². The van der Waals surface area contributed by atoms with E-state index in [1.165, 1.54) is 4.68 Å². The predicted octanol–water partition coefficient (Wildman–Crippen LogP) is 1.47. The Morgan fingerprint density at radius 2 is 2.00 bits per heavy atom. The van der Waals surface area contributed by atoms with E-state index in [4.69, 9.17) is 4.74 Å². The maximum absolute atomic E-state index is 12.9. The molecule has 0 spiro atoms. The zero-order valence-electron chi connectivity index (χ0n) is 14.7. The monoisotopic (exact) mass is 334 g/mol. The van der Waals surface area contributed by atoms with E-state index < -0.39 is 5.41 Å². The third-order valence-corrected chi connectivity index (χ3v) is 4.51. The van der Waals surface area contributed by atoms with Crippen LogP contribution in [-0.2, 0) is 4.74 Å². The Bertz CT molecular complexity index is 620. The van der Waals surface area contributed by atoms with E-state index in [9.17, 15) is 9.59 Å². The number of morpholine rings is 1. The summed E-state index contributed by atoms with van der Waals surface area (Å²) in [5, 5.41) is 7.88. The molecule has 2 aliphatic heterocycles. The van der Waals surface area contributed by atoms with Crippen molar-refractivity contribution in [2.75, 3.05) is 32.8 Å². The highest BCUT2D eigenvalue weighted by molar-refractivity contribution is 5.96. The molecule has 3 heterocycles. The maximum Gasteiger partial charge on any atom is 0.257 e. The highest BCUT2D eigenvalue weighted by Gasteiger charge is 2.32. The number of carbonyl (C=O) groups excluding carboxylic acids is 2. The van der Waals surface area contributed by atoms with Gasteiger partial charge < -0.3 is 15.0 Å². The number of carbonyl (C=O) groups is 2. The SMILES string of the molecule is CC(C)(C)C(=O)n1cc(C(=O)N2CCOCC2)c(C2CCCN2)n1. The van der Waals surface area contributed by atoms with E-state index in [2.05, 4.69) is 10.4 Å². The molecule has 1 N–H and O–H groups in total. The standard InChI is InChI=1S/C17H26N4O3/c1-17(2,3)16(23)21-11-12(14(19-21)13-5-4-6-18-13)15(22)20-7-9-24-10-8-20/h11,13,18H,4-10H2,1-3H3. The van der Waals surface area contributed by atoms with Gasteiger partial charge in [0.05, 0.1) is 30.5 Å². The zero-order chi connectivity index (χ0) is 17.3. The van der Waals surface area contributed by atoms with Gasteiger partial charge in [-0.25, -0.2) is 4.68 Å². The van der Waals surface area contributed by atoms with E-state index in [1.54, 1.807) is 11.1 Å². The van der Waals surface area contributed by atoms with Crippen LogP contribution < -0.4 is 5.32 Å². The molecule has 1 aromatic rings. The first-order chi connectivity index (χ1) is 11.4. The topological polar surface area (TPSA) is 76.5 Å². The number of hydrogen-bond donors (Lipinski definition) is 1. The van der Waals surface area contributed by atoms with Gasteiger partial charge in [0.2, 0.25) is 0 Å². The summed E-state index contributed by atoms with van der Waals surface area (Å²) in [6.07, 6.45) is 3.60. The van der Waals surface area contributed by atoms with E-state index in [0.717, 1.165) is 19.4 Å². The number of hydrogen-bond acceptors (Lipinski definition) is 5. The van der Waals surface area contributed by atoms with Crippen LogP contribution in [0.2, 0.25) is 0 Å². The van der Waals surface area contributed by atoms with E-state index >= 15 is 0 Å². The van der Waals surface area contributed by atoms with Crippen molar-refractivity contribution in [3.05, 3.63) is 17.5 Å². The molecule has 2 aliphatic rings. The normalized spacial score (nSPS) is 22.0. The summed E-state index contributed by atoms with van der Waals surface area (Å²) >= 11 is 0. The van der Waals surface area contributed by atoms with Gasteiger partial charge in [-0.15, -0.1) is 0 Å². The van der Waals surface area contributed by atoms with Gasteiger partial charge >= 0.3 is 0 Å². The minimum Gasteiger partial charge on any atom is -0.378 e. The Morgan fingerprint density at radius 1 is 1.29 bits per heavy atom. The number of aromatic nitrogens is 2. The zero-order valence-corrected chi connectivity index (χ0v) is 14.7. The summed E-state index contributed by atoms with van der Waals surface area (Å²) in [5.41, 5.74) is 0.682. The molecule has 2 saturated heterocycles. The average Bonchev–Trinajstić information content (AvgIpc) is 3.22. The van der Waals surface area contributed by atoms with Crippen LogP contribution in [0.15, 0.2) is 6.20 Å². The van der Waals surface area contributed by atoms with Gasteiger partial charge in [0.15, 0.2) is 0 Å². The summed E-state index contributed by atoms with van der Waals surface area (Å²) in [4.78, 5) is 27.3. The van der Waals surface area contributed by atoms with Crippen molar-refractivity contribution < 1.29 is 14.3 Å². The fraction of sp³-hybridized carbons (Fsp3) is 0.706. The molecule has 132 valence electrons. The number of nitrogens with zero attached hydrogens (tertiary/aromatic N) is 3. The molecular weight excluding hydrogens is 308 g/mol. The second kappa shape index (κ2) is 6.64. The summed E-state index contributed by atoms with van der Waals surface area (Å²) in [6, 6.07) is 0.0407. The minimum absolute atomic E-state index is 0.0407. The van der Waals surface area contributed by atoms with Gasteiger partial charge in [-0.05, 0) is 19.4 Å². The summed E-state index contributed by atoms with van der Waals surface area (Å²) < 4.78 is 6.67. The maximum atomic E-state index is 12.9. The van der Waals surface area contributed by atoms with Crippen LogP contribution >= 0.6 is 0 Å². The summed E-state index contributed by atoms with van der Waals surface area (Å²) in [5.74, 6) is -0.169. The van der Waals surface area contributed by atoms with Crippen molar-refractivity contribution in [2.24, 2.45) is 5.41 Å². The summed E-state index contributed by atoms with van der Waals surface area (Å²) in [6.45, 7) is 8.74. The fourth-order valence-electron chi connectivity index (χ4n) is 3.11. The van der Waals surface area contributed by atoms with Crippen LogP contribution in [0.3, 0.4) is 0 Å². The molecule has 0 bridgehead atoms. The van der Waals surface area contributed by atoms with Crippen molar-refractivity contribution in [1.82, 2.24) is 20.0 Å². The number of ether oxygens (including phenoxy) is 1. The van der Waals surface area contributed by atoms with E-state index in [-0.39, 0.29) is 17.9 Å². The molecule has 1 amide bonds. The Hall–Kier alpha value is -1.73. The van der Waals surface area contributed by atoms with Crippen molar-refractivity contribution in [3.63, 3.8) is 0 Å². The first-order valence-electron chi connectivity index (χ1n) is 8.62. The van der Waals surface area contributed by atoms with Gasteiger partial charge in [-0.2, -0.15) is 5.10 Å². The first-order valence-corrected chi connectivity index (χ1v) is 8.62. The fourth-order valence-corrected chi connectivity index (χ4v) is 3.11. The van der Waals surface area contributed by atoms with Gasteiger partial charge in [0.1, 0.15) is 0 Å². The lowest BCUT2D eigenvalue weighted by Gasteiger charge is -2.27. The van der Waals surface area contributed by atoms with Gasteiger partial charge in [-0.3, -0.25) is 9.59 Å². The molecule has 0 aromatic carbocycles. The highest BCUT2D eigenvalue weighted by atomic mass is 16.5. The molecule has 2 fully saturated rings. The molecule has 1 atom stereocenters. The molecule has 7 heteroatoms. The average molecular weight is 334 g/mol. The van der Waals surface area contributed by atoms with Gasteiger partial charge in [0.25, 0.3) is 11.8 Å². The molecule has 7 nitrogen and oxygen atoms in total. The molecule has 1 aromatic heterocycles. The van der Waals surface area contributed by atoms with Crippen LogP contribution in [0.25, 0.3) is 0 Å². The highest BCUT2D eigenvalue weighted by Crippen LogP contribution is 2.27. The van der Waals surface area contributed by atoms with Crippen molar-refractivity contribution in [1.29, 1.82) is 0 Å². The van der Waals surface area contributed by atoms with E-state index in [0.29, 0.717) is 37.6 Å². The van der Waals surface area contributed by atoms with Crippen molar-refractivity contribution in [3.8, 4) is 0 Å².